The number of nitrogens with one attached hydrogen (secondary N) is 3. The molecule has 15 heteroatoms. The molecule has 45 heavy (non-hydrogen) atoms. The molecule has 0 bridgehead atoms. The van der Waals surface area contributed by atoms with Gasteiger partial charge in [0, 0.05) is 25.2 Å². The largest absolute Gasteiger partial charge is 0.382 e. The second-order valence-corrected chi connectivity index (χ2v) is 9.99. The zero-order valence-corrected chi connectivity index (χ0v) is 26.0. The molecular formula is C30H46N4O11. The van der Waals surface area contributed by atoms with E-state index in [0.29, 0.717) is 105 Å². The van der Waals surface area contributed by atoms with E-state index in [1.807, 2.05) is 7.05 Å². The van der Waals surface area contributed by atoms with Crippen molar-refractivity contribution in [3.8, 4) is 0 Å². The van der Waals surface area contributed by atoms with Crippen LogP contribution in [0.25, 0.3) is 0 Å². The molecule has 4 amide bonds. The standard InChI is InChI=1S/C30H46N4O11/c1-31-7-9-39-11-13-41-15-17-43-19-21-45-22-20-44-18-16-42-14-12-40-10-8-32-24-4-2-3-23-27(24)30(38)34(29(23)37)25-5-6-26(35)33-28(25)36/h2-4,25,31-32H,5-22H2,1H3,(H,33,35,36). The smallest absolute Gasteiger partial charge is 0.264 e. The van der Waals surface area contributed by atoms with Crippen molar-refractivity contribution in [1.82, 2.24) is 15.5 Å². The molecule has 0 aromatic heterocycles. The van der Waals surface area contributed by atoms with E-state index >= 15 is 0 Å². The number of carbonyl (C=O) groups excluding carboxylic acids is 4. The molecule has 0 saturated carbocycles. The van der Waals surface area contributed by atoms with E-state index in [1.54, 1.807) is 18.2 Å². The second kappa shape index (κ2) is 21.7. The Labute approximate surface area is 263 Å². The van der Waals surface area contributed by atoms with Gasteiger partial charge in [0.15, 0.2) is 0 Å². The first-order valence-electron chi connectivity index (χ1n) is 15.3. The molecule has 0 radical (unpaired) electrons. The van der Waals surface area contributed by atoms with Crippen molar-refractivity contribution < 1.29 is 52.3 Å². The third-order valence-electron chi connectivity index (χ3n) is 6.76. The SMILES string of the molecule is CNCCOCCOCCOCCOCCOCCOCCOCCNc1cccc2c1C(=O)N(C1CCC(=O)NC1=O)C2=O. The summed E-state index contributed by atoms with van der Waals surface area (Å²) in [6.45, 7) is 7.99. The Morgan fingerprint density at radius 3 is 1.67 bits per heavy atom. The number of nitrogens with zero attached hydrogens (tertiary/aromatic N) is 1. The molecule has 1 aromatic rings. The fraction of sp³-hybridized carbons (Fsp3) is 0.667. The summed E-state index contributed by atoms with van der Waals surface area (Å²) in [5, 5.41) is 8.33. The van der Waals surface area contributed by atoms with Crippen LogP contribution in [0, 0.1) is 0 Å². The maximum Gasteiger partial charge on any atom is 0.264 e. The monoisotopic (exact) mass is 638 g/mol. The van der Waals surface area contributed by atoms with Crippen LogP contribution in [0.4, 0.5) is 5.69 Å². The molecule has 2 aliphatic rings. The maximum atomic E-state index is 13.1. The number of fused-ring (bicyclic) bond motifs is 1. The van der Waals surface area contributed by atoms with Gasteiger partial charge in [-0.3, -0.25) is 29.4 Å². The number of likely N-dealkylation sites (N-methyl/N-ethyl adjacent to an activating group) is 1. The van der Waals surface area contributed by atoms with Crippen molar-refractivity contribution in [2.75, 3.05) is 118 Å². The number of rotatable bonds is 26. The van der Waals surface area contributed by atoms with Crippen LogP contribution < -0.4 is 16.0 Å². The first kappa shape index (κ1) is 36.4. The summed E-state index contributed by atoms with van der Waals surface area (Å²) < 4.78 is 38.2. The molecule has 1 aromatic carbocycles. The number of amides is 4. The first-order valence-corrected chi connectivity index (χ1v) is 15.3. The summed E-state index contributed by atoms with van der Waals surface area (Å²) in [6, 6.07) is 3.92. The zero-order valence-electron chi connectivity index (χ0n) is 26.0. The summed E-state index contributed by atoms with van der Waals surface area (Å²) in [5.41, 5.74) is 0.923. The third kappa shape index (κ3) is 12.7. The lowest BCUT2D eigenvalue weighted by Gasteiger charge is -2.27. The van der Waals surface area contributed by atoms with Crippen molar-refractivity contribution in [3.05, 3.63) is 29.3 Å². The summed E-state index contributed by atoms with van der Waals surface area (Å²) in [5.74, 6) is -2.15. The van der Waals surface area contributed by atoms with Crippen LogP contribution in [0.5, 0.6) is 0 Å². The van der Waals surface area contributed by atoms with E-state index in [9.17, 15) is 19.2 Å². The fourth-order valence-electron chi connectivity index (χ4n) is 4.52. The summed E-state index contributed by atoms with van der Waals surface area (Å²) in [7, 11) is 1.88. The van der Waals surface area contributed by atoms with Crippen molar-refractivity contribution in [2.24, 2.45) is 0 Å². The number of hydrogen-bond acceptors (Lipinski definition) is 13. The number of carbonyl (C=O) groups is 4. The van der Waals surface area contributed by atoms with Crippen LogP contribution in [0.3, 0.4) is 0 Å². The predicted octanol–water partition coefficient (Wildman–Crippen LogP) is -0.165. The highest BCUT2D eigenvalue weighted by atomic mass is 16.6. The molecule has 1 unspecified atom stereocenters. The average molecular weight is 639 g/mol. The minimum Gasteiger partial charge on any atom is -0.382 e. The Balaban J connectivity index is 1.12. The summed E-state index contributed by atoms with van der Waals surface area (Å²) in [4.78, 5) is 50.7. The highest BCUT2D eigenvalue weighted by molar-refractivity contribution is 6.25. The number of hydrogen-bond donors (Lipinski definition) is 3. The minimum absolute atomic E-state index is 0.0708. The third-order valence-corrected chi connectivity index (χ3v) is 6.76. The van der Waals surface area contributed by atoms with E-state index in [2.05, 4.69) is 16.0 Å². The molecule has 1 atom stereocenters. The van der Waals surface area contributed by atoms with Gasteiger partial charge in [0.1, 0.15) is 6.04 Å². The van der Waals surface area contributed by atoms with Crippen molar-refractivity contribution in [2.45, 2.75) is 18.9 Å². The van der Waals surface area contributed by atoms with Crippen molar-refractivity contribution in [1.29, 1.82) is 0 Å². The Morgan fingerprint density at radius 2 is 1.18 bits per heavy atom. The first-order chi connectivity index (χ1) is 22.0. The van der Waals surface area contributed by atoms with E-state index in [4.69, 9.17) is 33.2 Å². The molecule has 3 rings (SSSR count). The van der Waals surface area contributed by atoms with Crippen LogP contribution in [0.1, 0.15) is 33.6 Å². The van der Waals surface area contributed by atoms with Gasteiger partial charge in [0.05, 0.1) is 104 Å². The van der Waals surface area contributed by atoms with Gasteiger partial charge in [-0.25, -0.2) is 0 Å². The van der Waals surface area contributed by atoms with Gasteiger partial charge in [0.25, 0.3) is 11.8 Å². The molecule has 3 N–H and O–H groups in total. The fourth-order valence-corrected chi connectivity index (χ4v) is 4.52. The second-order valence-electron chi connectivity index (χ2n) is 9.99. The normalized spacial score (nSPS) is 16.4. The number of ether oxygens (including phenoxy) is 7. The topological polar surface area (TPSA) is 172 Å². The van der Waals surface area contributed by atoms with Gasteiger partial charge in [-0.05, 0) is 25.6 Å². The number of imide groups is 2. The number of benzene rings is 1. The van der Waals surface area contributed by atoms with Crippen molar-refractivity contribution >= 4 is 29.3 Å². The minimum atomic E-state index is -1.00. The summed E-state index contributed by atoms with van der Waals surface area (Å²) >= 11 is 0. The molecule has 252 valence electrons. The average Bonchev–Trinajstić information content (AvgIpc) is 3.29. The van der Waals surface area contributed by atoms with Gasteiger partial charge in [-0.15, -0.1) is 0 Å². The van der Waals surface area contributed by atoms with Gasteiger partial charge in [0.2, 0.25) is 11.8 Å². The van der Waals surface area contributed by atoms with Crippen LogP contribution >= 0.6 is 0 Å². The lowest BCUT2D eigenvalue weighted by Crippen LogP contribution is -2.54. The van der Waals surface area contributed by atoms with Crippen LogP contribution in [-0.2, 0) is 42.7 Å². The van der Waals surface area contributed by atoms with E-state index in [-0.39, 0.29) is 24.0 Å². The van der Waals surface area contributed by atoms with E-state index in [0.717, 1.165) is 11.4 Å². The Kier molecular flexibility index (Phi) is 17.6. The Bertz CT molecular complexity index is 1070. The van der Waals surface area contributed by atoms with Gasteiger partial charge in [-0.1, -0.05) is 6.07 Å². The molecule has 1 saturated heterocycles. The Morgan fingerprint density at radius 1 is 0.689 bits per heavy atom. The van der Waals surface area contributed by atoms with Crippen LogP contribution in [0.2, 0.25) is 0 Å². The highest BCUT2D eigenvalue weighted by Crippen LogP contribution is 2.32. The molecule has 0 aliphatic carbocycles. The quantitative estimate of drug-likeness (QED) is 0.0904. The Hall–Kier alpha value is -3.02. The molecule has 0 spiro atoms. The van der Waals surface area contributed by atoms with E-state index in [1.165, 1.54) is 0 Å². The molecule has 15 nitrogen and oxygen atoms in total. The lowest BCUT2D eigenvalue weighted by atomic mass is 10.0. The number of piperidine rings is 1. The zero-order chi connectivity index (χ0) is 32.1. The van der Waals surface area contributed by atoms with Crippen LogP contribution in [0.15, 0.2) is 18.2 Å². The van der Waals surface area contributed by atoms with Crippen molar-refractivity contribution in [3.63, 3.8) is 0 Å². The molecular weight excluding hydrogens is 592 g/mol. The molecule has 2 aliphatic heterocycles. The molecule has 1 fully saturated rings. The molecule has 2 heterocycles. The van der Waals surface area contributed by atoms with Crippen LogP contribution in [-0.4, -0.2) is 147 Å². The van der Waals surface area contributed by atoms with Gasteiger partial charge >= 0.3 is 0 Å². The summed E-state index contributed by atoms with van der Waals surface area (Å²) in [6.07, 6.45) is 0.180. The highest BCUT2D eigenvalue weighted by Gasteiger charge is 2.45. The maximum absolute atomic E-state index is 13.1. The number of anilines is 1. The van der Waals surface area contributed by atoms with Gasteiger partial charge < -0.3 is 43.8 Å². The van der Waals surface area contributed by atoms with E-state index < -0.39 is 29.7 Å². The lowest BCUT2D eigenvalue weighted by molar-refractivity contribution is -0.136. The van der Waals surface area contributed by atoms with Gasteiger partial charge in [-0.2, -0.15) is 0 Å². The predicted molar refractivity (Wildman–Crippen MR) is 161 cm³/mol.